The molecule has 0 saturated carbocycles. The van der Waals surface area contributed by atoms with Crippen molar-refractivity contribution in [2.75, 3.05) is 26.2 Å². The molecule has 3 aliphatic rings. The summed E-state index contributed by atoms with van der Waals surface area (Å²) >= 11 is 0. The number of aryl methyl sites for hydroxylation is 2. The Bertz CT molecular complexity index is 1050. The normalized spacial score (nSPS) is 21.4. The lowest BCUT2D eigenvalue weighted by Crippen LogP contribution is -2.46. The van der Waals surface area contributed by atoms with Crippen molar-refractivity contribution in [1.82, 2.24) is 24.0 Å². The number of rotatable bonds is 4. The SMILES string of the molecule is O=C(C1CCN(S(=O)(=O)c2ccc3c(c2)CCCC3)CC1)N1CCC(n2cncn2)CC1. The van der Waals surface area contributed by atoms with E-state index in [9.17, 15) is 13.2 Å². The van der Waals surface area contributed by atoms with Gasteiger partial charge in [0.05, 0.1) is 10.9 Å². The van der Waals surface area contributed by atoms with Crippen LogP contribution in [0.1, 0.15) is 55.7 Å². The fourth-order valence-corrected chi connectivity index (χ4v) is 6.90. The highest BCUT2D eigenvalue weighted by molar-refractivity contribution is 7.89. The lowest BCUT2D eigenvalue weighted by molar-refractivity contribution is -0.138. The molecule has 0 bridgehead atoms. The van der Waals surface area contributed by atoms with Gasteiger partial charge < -0.3 is 4.90 Å². The molecule has 3 heterocycles. The number of hydrogen-bond acceptors (Lipinski definition) is 5. The predicted octanol–water partition coefficient (Wildman–Crippen LogP) is 2.42. The summed E-state index contributed by atoms with van der Waals surface area (Å²) in [5, 5.41) is 4.22. The minimum atomic E-state index is -3.51. The van der Waals surface area contributed by atoms with E-state index in [1.165, 1.54) is 17.5 Å². The summed E-state index contributed by atoms with van der Waals surface area (Å²) in [6, 6.07) is 5.92. The lowest BCUT2D eigenvalue weighted by atomic mass is 9.92. The lowest BCUT2D eigenvalue weighted by Gasteiger charge is -2.37. The van der Waals surface area contributed by atoms with Gasteiger partial charge >= 0.3 is 0 Å². The molecular weight excluding hydrogens is 426 g/mol. The third kappa shape index (κ3) is 4.20. The molecule has 0 N–H and O–H groups in total. The zero-order chi connectivity index (χ0) is 22.1. The monoisotopic (exact) mass is 457 g/mol. The Kier molecular flexibility index (Phi) is 6.03. The zero-order valence-electron chi connectivity index (χ0n) is 18.4. The third-order valence-electron chi connectivity index (χ3n) is 7.35. The first-order chi connectivity index (χ1) is 15.5. The summed E-state index contributed by atoms with van der Waals surface area (Å²) in [5.74, 6) is 0.0840. The molecule has 1 amide bonds. The van der Waals surface area contributed by atoms with Gasteiger partial charge in [-0.2, -0.15) is 9.40 Å². The highest BCUT2D eigenvalue weighted by atomic mass is 32.2. The van der Waals surface area contributed by atoms with Crippen LogP contribution in [-0.4, -0.2) is 64.5 Å². The van der Waals surface area contributed by atoms with Crippen LogP contribution in [0, 0.1) is 5.92 Å². The maximum Gasteiger partial charge on any atom is 0.243 e. The predicted molar refractivity (Wildman–Crippen MR) is 119 cm³/mol. The molecule has 0 unspecified atom stereocenters. The maximum absolute atomic E-state index is 13.2. The summed E-state index contributed by atoms with van der Waals surface area (Å²) in [6.45, 7) is 2.25. The van der Waals surface area contributed by atoms with Gasteiger partial charge in [0.15, 0.2) is 0 Å². The number of piperidine rings is 2. The molecule has 5 rings (SSSR count). The molecule has 172 valence electrons. The van der Waals surface area contributed by atoms with Crippen LogP contribution in [0.4, 0.5) is 0 Å². The van der Waals surface area contributed by atoms with E-state index >= 15 is 0 Å². The molecular formula is C23H31N5O3S. The summed E-state index contributed by atoms with van der Waals surface area (Å²) < 4.78 is 29.9. The largest absolute Gasteiger partial charge is 0.342 e. The second kappa shape index (κ2) is 8.94. The first-order valence-electron chi connectivity index (χ1n) is 11.8. The molecule has 1 aromatic heterocycles. The molecule has 9 heteroatoms. The van der Waals surface area contributed by atoms with Gasteiger partial charge in [-0.15, -0.1) is 0 Å². The van der Waals surface area contributed by atoms with Crippen molar-refractivity contribution in [3.8, 4) is 0 Å². The average Bonchev–Trinajstić information content (AvgIpc) is 3.38. The first-order valence-corrected chi connectivity index (χ1v) is 13.2. The summed E-state index contributed by atoms with van der Waals surface area (Å²) in [7, 11) is -3.51. The molecule has 2 aromatic rings. The minimum absolute atomic E-state index is 0.0899. The maximum atomic E-state index is 13.2. The smallest absolute Gasteiger partial charge is 0.243 e. The molecule has 1 aliphatic carbocycles. The van der Waals surface area contributed by atoms with E-state index < -0.39 is 10.0 Å². The van der Waals surface area contributed by atoms with Crippen molar-refractivity contribution >= 4 is 15.9 Å². The van der Waals surface area contributed by atoms with E-state index in [0.717, 1.165) is 45.2 Å². The van der Waals surface area contributed by atoms with E-state index in [0.29, 0.717) is 36.9 Å². The molecule has 2 fully saturated rings. The number of benzene rings is 1. The fourth-order valence-electron chi connectivity index (χ4n) is 5.38. The van der Waals surface area contributed by atoms with Gasteiger partial charge in [0, 0.05) is 32.1 Å². The molecule has 0 radical (unpaired) electrons. The van der Waals surface area contributed by atoms with E-state index in [4.69, 9.17) is 0 Å². The summed E-state index contributed by atoms with van der Waals surface area (Å²) in [4.78, 5) is 19.4. The van der Waals surface area contributed by atoms with Gasteiger partial charge in [-0.25, -0.2) is 18.1 Å². The molecule has 8 nitrogen and oxygen atoms in total. The van der Waals surface area contributed by atoms with Crippen molar-refractivity contribution in [1.29, 1.82) is 0 Å². The number of likely N-dealkylation sites (tertiary alicyclic amines) is 1. The number of carbonyl (C=O) groups excluding carboxylic acids is 1. The molecule has 32 heavy (non-hydrogen) atoms. The van der Waals surface area contributed by atoms with Crippen LogP contribution in [0.3, 0.4) is 0 Å². The Morgan fingerprint density at radius 3 is 2.34 bits per heavy atom. The standard InChI is InChI=1S/C23H31N5O3S/c29-23(26-11-9-21(10-12-26)28-17-24-16-25-28)19-7-13-27(14-8-19)32(30,31)22-6-5-18-3-1-2-4-20(18)15-22/h5-6,15-17,19,21H,1-4,7-14H2. The molecule has 1 aromatic carbocycles. The Morgan fingerprint density at radius 1 is 0.938 bits per heavy atom. The quantitative estimate of drug-likeness (QED) is 0.704. The van der Waals surface area contributed by atoms with Crippen LogP contribution in [-0.2, 0) is 27.7 Å². The van der Waals surface area contributed by atoms with E-state index in [-0.39, 0.29) is 11.8 Å². The zero-order valence-corrected chi connectivity index (χ0v) is 19.2. The van der Waals surface area contributed by atoms with Crippen LogP contribution in [0.5, 0.6) is 0 Å². The number of nitrogens with zero attached hydrogens (tertiary/aromatic N) is 5. The second-order valence-electron chi connectivity index (χ2n) is 9.25. The fraction of sp³-hybridized carbons (Fsp3) is 0.609. The van der Waals surface area contributed by atoms with Gasteiger partial charge in [-0.1, -0.05) is 6.07 Å². The van der Waals surface area contributed by atoms with Gasteiger partial charge in [-0.05, 0) is 74.6 Å². The Balaban J connectivity index is 1.17. The molecule has 0 atom stereocenters. The van der Waals surface area contributed by atoms with E-state index in [1.54, 1.807) is 23.0 Å². The molecule has 0 spiro atoms. The topological polar surface area (TPSA) is 88.4 Å². The van der Waals surface area contributed by atoms with Crippen LogP contribution in [0.15, 0.2) is 35.7 Å². The molecule has 2 saturated heterocycles. The van der Waals surface area contributed by atoms with Gasteiger partial charge in [0.2, 0.25) is 15.9 Å². The first kappa shape index (κ1) is 21.6. The van der Waals surface area contributed by atoms with Crippen LogP contribution in [0.25, 0.3) is 0 Å². The summed E-state index contributed by atoms with van der Waals surface area (Å²) in [5.41, 5.74) is 2.46. The molecule has 2 aliphatic heterocycles. The van der Waals surface area contributed by atoms with Gasteiger partial charge in [0.1, 0.15) is 12.7 Å². The van der Waals surface area contributed by atoms with Gasteiger partial charge in [0.25, 0.3) is 0 Å². The van der Waals surface area contributed by atoms with Crippen molar-refractivity contribution in [3.05, 3.63) is 42.0 Å². The van der Waals surface area contributed by atoms with Crippen molar-refractivity contribution in [3.63, 3.8) is 0 Å². The summed E-state index contributed by atoms with van der Waals surface area (Å²) in [6.07, 6.45) is 10.5. The highest BCUT2D eigenvalue weighted by Gasteiger charge is 2.35. The highest BCUT2D eigenvalue weighted by Crippen LogP contribution is 2.30. The number of fused-ring (bicyclic) bond motifs is 1. The third-order valence-corrected chi connectivity index (χ3v) is 9.24. The Morgan fingerprint density at radius 2 is 1.66 bits per heavy atom. The number of carbonyl (C=O) groups is 1. The van der Waals surface area contributed by atoms with Crippen molar-refractivity contribution < 1.29 is 13.2 Å². The number of sulfonamides is 1. The van der Waals surface area contributed by atoms with Crippen molar-refractivity contribution in [2.45, 2.75) is 62.3 Å². The van der Waals surface area contributed by atoms with Crippen LogP contribution >= 0.6 is 0 Å². The van der Waals surface area contributed by atoms with Crippen molar-refractivity contribution in [2.24, 2.45) is 5.92 Å². The number of aromatic nitrogens is 3. The minimum Gasteiger partial charge on any atom is -0.342 e. The Labute approximate surface area is 189 Å². The van der Waals surface area contributed by atoms with Gasteiger partial charge in [-0.3, -0.25) is 4.79 Å². The van der Waals surface area contributed by atoms with E-state index in [2.05, 4.69) is 10.1 Å². The average molecular weight is 458 g/mol. The van der Waals surface area contributed by atoms with Crippen LogP contribution < -0.4 is 0 Å². The Hall–Kier alpha value is -2.26. The number of amides is 1. The van der Waals surface area contributed by atoms with E-state index in [1.807, 2.05) is 21.7 Å². The van der Waals surface area contributed by atoms with Crippen LogP contribution in [0.2, 0.25) is 0 Å². The second-order valence-corrected chi connectivity index (χ2v) is 11.2. The number of hydrogen-bond donors (Lipinski definition) is 0.